The Morgan fingerprint density at radius 2 is 2.09 bits per heavy atom. The molecule has 0 spiro atoms. The van der Waals surface area contributed by atoms with Crippen molar-refractivity contribution in [2.45, 2.75) is 70.3 Å². The van der Waals surface area contributed by atoms with E-state index < -0.39 is 0 Å². The molecule has 1 fully saturated rings. The van der Waals surface area contributed by atoms with Gasteiger partial charge < -0.3 is 15.4 Å². The maximum atomic E-state index is 5.79. The van der Waals surface area contributed by atoms with Crippen LogP contribution in [0, 0.1) is 5.92 Å². The quantitative estimate of drug-likeness (QED) is 0.330. The normalized spacial score (nSPS) is 23.3. The number of rotatable bonds is 8. The molecule has 6 heteroatoms. The van der Waals surface area contributed by atoms with Crippen molar-refractivity contribution in [3.8, 4) is 0 Å². The van der Waals surface area contributed by atoms with Crippen LogP contribution in [0.2, 0.25) is 0 Å². The average Bonchev–Trinajstić information content (AvgIpc) is 2.53. The molecule has 1 aliphatic carbocycles. The number of hydrogen-bond donors (Lipinski definition) is 2. The number of halogens is 1. The maximum Gasteiger partial charge on any atom is 0.191 e. The van der Waals surface area contributed by atoms with Crippen molar-refractivity contribution in [3.63, 3.8) is 0 Å². The second-order valence-electron chi connectivity index (χ2n) is 6.39. The summed E-state index contributed by atoms with van der Waals surface area (Å²) in [6.07, 6.45) is 8.74. The molecule has 1 aliphatic rings. The minimum Gasteiger partial charge on any atom is -0.378 e. The summed E-state index contributed by atoms with van der Waals surface area (Å²) in [6, 6.07) is 0.560. The Labute approximate surface area is 164 Å². The van der Waals surface area contributed by atoms with Gasteiger partial charge in [0.25, 0.3) is 0 Å². The molecule has 0 heterocycles. The van der Waals surface area contributed by atoms with Crippen LogP contribution < -0.4 is 10.6 Å². The lowest BCUT2D eigenvalue weighted by molar-refractivity contribution is 0.0258. The number of nitrogens with one attached hydrogen (secondary N) is 2. The molecule has 1 saturated carbocycles. The molecule has 1 rings (SSSR count). The van der Waals surface area contributed by atoms with Gasteiger partial charge >= 0.3 is 0 Å². The summed E-state index contributed by atoms with van der Waals surface area (Å²) in [7, 11) is 1.85. The molecule has 0 saturated heterocycles. The molecule has 4 nitrogen and oxygen atoms in total. The Hall–Kier alpha value is 0.310. The van der Waals surface area contributed by atoms with Gasteiger partial charge in [0.15, 0.2) is 5.96 Å². The third kappa shape index (κ3) is 9.39. The molecule has 0 aromatic rings. The Bertz CT molecular complexity index is 329. The fourth-order valence-corrected chi connectivity index (χ4v) is 3.86. The molecule has 0 aliphatic heterocycles. The summed E-state index contributed by atoms with van der Waals surface area (Å²) >= 11 is 2.00. The highest BCUT2D eigenvalue weighted by atomic mass is 127. The second kappa shape index (κ2) is 13.6. The van der Waals surface area contributed by atoms with Crippen LogP contribution in [0.5, 0.6) is 0 Å². The number of hydrogen-bond acceptors (Lipinski definition) is 3. The van der Waals surface area contributed by atoms with Gasteiger partial charge in [0.2, 0.25) is 0 Å². The Morgan fingerprint density at radius 3 is 2.65 bits per heavy atom. The number of guanidine groups is 1. The summed E-state index contributed by atoms with van der Waals surface area (Å²) in [5.41, 5.74) is 0. The lowest BCUT2D eigenvalue weighted by Crippen LogP contribution is -2.46. The van der Waals surface area contributed by atoms with Crippen molar-refractivity contribution < 1.29 is 4.74 Å². The molecule has 2 N–H and O–H groups in total. The fourth-order valence-electron chi connectivity index (χ4n) is 3.03. The SMILES string of the molecule is CCOC(CCNC(=NC)NC1CCCC(SC)C1)C(C)C.I. The first-order chi connectivity index (χ1) is 10.6. The van der Waals surface area contributed by atoms with Gasteiger partial charge in [0, 0.05) is 31.5 Å². The molecule has 0 aromatic carbocycles. The molecular weight excluding hydrogens is 421 g/mol. The number of ether oxygens (including phenoxy) is 1. The Balaban J connectivity index is 0.00000484. The molecule has 0 aromatic heterocycles. The van der Waals surface area contributed by atoms with Crippen LogP contribution in [-0.2, 0) is 4.74 Å². The zero-order valence-electron chi connectivity index (χ0n) is 15.4. The van der Waals surface area contributed by atoms with Crippen molar-refractivity contribution >= 4 is 41.7 Å². The van der Waals surface area contributed by atoms with Crippen molar-refractivity contribution in [1.82, 2.24) is 10.6 Å². The number of nitrogens with zero attached hydrogens (tertiary/aromatic N) is 1. The van der Waals surface area contributed by atoms with Gasteiger partial charge in [0.05, 0.1) is 6.10 Å². The average molecular weight is 457 g/mol. The van der Waals surface area contributed by atoms with Gasteiger partial charge in [-0.05, 0) is 44.8 Å². The number of thioether (sulfide) groups is 1. The molecule has 0 bridgehead atoms. The third-order valence-corrected chi connectivity index (χ3v) is 5.46. The summed E-state index contributed by atoms with van der Waals surface area (Å²) in [5, 5.41) is 7.83. The first-order valence-corrected chi connectivity index (χ1v) is 10.0. The van der Waals surface area contributed by atoms with E-state index in [2.05, 4.69) is 42.7 Å². The molecule has 0 radical (unpaired) electrons. The van der Waals surface area contributed by atoms with Gasteiger partial charge in [-0.15, -0.1) is 24.0 Å². The predicted octanol–water partition coefficient (Wildman–Crippen LogP) is 3.89. The van der Waals surface area contributed by atoms with Gasteiger partial charge in [0.1, 0.15) is 0 Å². The number of aliphatic imine (C=N–C) groups is 1. The van der Waals surface area contributed by atoms with Crippen LogP contribution >= 0.6 is 35.7 Å². The lowest BCUT2D eigenvalue weighted by Gasteiger charge is -2.30. The summed E-state index contributed by atoms with van der Waals surface area (Å²) in [4.78, 5) is 4.37. The van der Waals surface area contributed by atoms with Gasteiger partial charge in [-0.1, -0.05) is 20.3 Å². The minimum absolute atomic E-state index is 0. The standard InChI is InChI=1S/C17H35N3OS.HI/c1-6-21-16(13(2)3)10-11-19-17(18-4)20-14-8-7-9-15(12-14)22-5;/h13-16H,6-12H2,1-5H3,(H2,18,19,20);1H. The van der Waals surface area contributed by atoms with Crippen molar-refractivity contribution in [3.05, 3.63) is 0 Å². The van der Waals surface area contributed by atoms with E-state index in [1.165, 1.54) is 25.7 Å². The Morgan fingerprint density at radius 1 is 1.35 bits per heavy atom. The van der Waals surface area contributed by atoms with Crippen molar-refractivity contribution in [2.24, 2.45) is 10.9 Å². The van der Waals surface area contributed by atoms with Gasteiger partial charge in [-0.2, -0.15) is 11.8 Å². The van der Waals surface area contributed by atoms with Crippen LogP contribution in [0.1, 0.15) is 52.9 Å². The third-order valence-electron chi connectivity index (χ3n) is 4.37. The highest BCUT2D eigenvalue weighted by Crippen LogP contribution is 2.26. The molecule has 23 heavy (non-hydrogen) atoms. The van der Waals surface area contributed by atoms with Crippen LogP contribution in [0.25, 0.3) is 0 Å². The maximum absolute atomic E-state index is 5.79. The summed E-state index contributed by atoms with van der Waals surface area (Å²) in [6.45, 7) is 8.19. The predicted molar refractivity (Wildman–Crippen MR) is 114 cm³/mol. The van der Waals surface area contributed by atoms with Gasteiger partial charge in [-0.25, -0.2) is 0 Å². The molecule has 3 atom stereocenters. The van der Waals surface area contributed by atoms with Crippen molar-refractivity contribution in [1.29, 1.82) is 0 Å². The fraction of sp³-hybridized carbons (Fsp3) is 0.941. The summed E-state index contributed by atoms with van der Waals surface area (Å²) < 4.78 is 5.79. The topological polar surface area (TPSA) is 45.6 Å². The van der Waals surface area contributed by atoms with E-state index >= 15 is 0 Å². The van der Waals surface area contributed by atoms with E-state index in [0.717, 1.165) is 30.8 Å². The van der Waals surface area contributed by atoms with E-state index in [0.29, 0.717) is 18.1 Å². The molecular formula is C17H36IN3OS. The van der Waals surface area contributed by atoms with Crippen LogP contribution in [0.4, 0.5) is 0 Å². The molecule has 0 amide bonds. The van der Waals surface area contributed by atoms with Crippen LogP contribution in [0.15, 0.2) is 4.99 Å². The van der Waals surface area contributed by atoms with E-state index in [1.807, 2.05) is 18.8 Å². The minimum atomic E-state index is 0. The van der Waals surface area contributed by atoms with E-state index in [9.17, 15) is 0 Å². The zero-order valence-corrected chi connectivity index (χ0v) is 18.6. The van der Waals surface area contributed by atoms with E-state index in [1.54, 1.807) is 0 Å². The van der Waals surface area contributed by atoms with E-state index in [-0.39, 0.29) is 24.0 Å². The molecule has 138 valence electrons. The molecule has 3 unspecified atom stereocenters. The van der Waals surface area contributed by atoms with Crippen LogP contribution in [0.3, 0.4) is 0 Å². The first kappa shape index (κ1) is 23.3. The zero-order chi connectivity index (χ0) is 16.4. The van der Waals surface area contributed by atoms with Crippen LogP contribution in [-0.4, -0.2) is 49.8 Å². The lowest BCUT2D eigenvalue weighted by atomic mass is 9.95. The Kier molecular flexibility index (Phi) is 13.8. The van der Waals surface area contributed by atoms with E-state index in [4.69, 9.17) is 4.74 Å². The van der Waals surface area contributed by atoms with Gasteiger partial charge in [-0.3, -0.25) is 4.99 Å². The summed E-state index contributed by atoms with van der Waals surface area (Å²) in [5.74, 6) is 1.49. The first-order valence-electron chi connectivity index (χ1n) is 8.72. The second-order valence-corrected chi connectivity index (χ2v) is 7.53. The monoisotopic (exact) mass is 457 g/mol. The largest absolute Gasteiger partial charge is 0.378 e. The highest BCUT2D eigenvalue weighted by molar-refractivity contribution is 14.0. The van der Waals surface area contributed by atoms with Crippen molar-refractivity contribution in [2.75, 3.05) is 26.5 Å². The smallest absolute Gasteiger partial charge is 0.191 e. The highest BCUT2D eigenvalue weighted by Gasteiger charge is 2.22.